The Balaban J connectivity index is 1.45. The molecule has 0 radical (unpaired) electrons. The molecule has 1 aliphatic heterocycles. The Bertz CT molecular complexity index is 923. The van der Waals surface area contributed by atoms with E-state index in [1.807, 2.05) is 41.3 Å². The molecular weight excluding hydrogens is 368 g/mol. The van der Waals surface area contributed by atoms with Crippen LogP contribution in [0.1, 0.15) is 32.3 Å². The summed E-state index contributed by atoms with van der Waals surface area (Å²) in [6, 6.07) is 5.85. The van der Waals surface area contributed by atoms with Crippen molar-refractivity contribution in [2.45, 2.75) is 13.3 Å². The van der Waals surface area contributed by atoms with Gasteiger partial charge in [-0.05, 0) is 36.9 Å². The van der Waals surface area contributed by atoms with E-state index in [1.165, 1.54) is 0 Å². The number of hydrogen-bond donors (Lipinski definition) is 0. The zero-order valence-corrected chi connectivity index (χ0v) is 16.4. The fourth-order valence-electron chi connectivity index (χ4n) is 3.18. The van der Waals surface area contributed by atoms with E-state index in [0.29, 0.717) is 31.9 Å². The van der Waals surface area contributed by atoms with Crippen LogP contribution in [0.25, 0.3) is 9.40 Å². The van der Waals surface area contributed by atoms with E-state index in [1.54, 1.807) is 27.4 Å². The van der Waals surface area contributed by atoms with Crippen LogP contribution in [0, 0.1) is 6.92 Å². The molecule has 1 fully saturated rings. The van der Waals surface area contributed by atoms with Crippen LogP contribution in [0.5, 0.6) is 0 Å². The average molecular weight is 389 g/mol. The molecule has 4 rings (SSSR count). The molecule has 6 nitrogen and oxygen atoms in total. The highest BCUT2D eigenvalue weighted by Crippen LogP contribution is 2.30. The van der Waals surface area contributed by atoms with Crippen LogP contribution in [0.4, 0.5) is 0 Å². The Morgan fingerprint density at radius 3 is 2.42 bits per heavy atom. The van der Waals surface area contributed by atoms with E-state index in [4.69, 9.17) is 0 Å². The number of aryl methyl sites for hydroxylation is 2. The molecule has 3 aromatic rings. The first-order chi connectivity index (χ1) is 12.5. The van der Waals surface area contributed by atoms with Gasteiger partial charge in [-0.15, -0.1) is 22.7 Å². The Morgan fingerprint density at radius 2 is 1.77 bits per heavy atom. The van der Waals surface area contributed by atoms with Gasteiger partial charge in [-0.2, -0.15) is 5.10 Å². The van der Waals surface area contributed by atoms with Gasteiger partial charge in [-0.1, -0.05) is 0 Å². The predicted octanol–water partition coefficient (Wildman–Crippen LogP) is 2.99. The first kappa shape index (κ1) is 17.2. The molecule has 4 heterocycles. The van der Waals surface area contributed by atoms with E-state index in [2.05, 4.69) is 11.2 Å². The Labute approximate surface area is 159 Å². The van der Waals surface area contributed by atoms with Gasteiger partial charge in [0.25, 0.3) is 11.8 Å². The number of amides is 2. The standard InChI is InChI=1S/C18H20N4O2S2/c1-12-10-13(19-20(12)2)17(23)21-5-3-6-22(8-7-21)18(24)16-11-15-14(26-16)4-9-25-15/h4,9-11H,3,5-8H2,1-2H3. The molecule has 136 valence electrons. The maximum atomic E-state index is 12.8. The van der Waals surface area contributed by atoms with E-state index in [0.717, 1.165) is 26.4 Å². The number of nitrogens with zero attached hydrogens (tertiary/aromatic N) is 4. The second-order valence-electron chi connectivity index (χ2n) is 6.49. The molecule has 0 atom stereocenters. The lowest BCUT2D eigenvalue weighted by Gasteiger charge is -2.21. The van der Waals surface area contributed by atoms with Gasteiger partial charge in [0.05, 0.1) is 4.88 Å². The number of carbonyl (C=O) groups excluding carboxylic acids is 2. The summed E-state index contributed by atoms with van der Waals surface area (Å²) in [6.45, 7) is 4.35. The van der Waals surface area contributed by atoms with Crippen molar-refractivity contribution in [3.63, 3.8) is 0 Å². The van der Waals surface area contributed by atoms with Gasteiger partial charge < -0.3 is 9.80 Å². The van der Waals surface area contributed by atoms with Crippen LogP contribution in [-0.4, -0.2) is 57.6 Å². The van der Waals surface area contributed by atoms with Crippen LogP contribution in [-0.2, 0) is 7.05 Å². The molecule has 1 saturated heterocycles. The molecule has 0 bridgehead atoms. The van der Waals surface area contributed by atoms with Crippen molar-refractivity contribution in [1.29, 1.82) is 0 Å². The summed E-state index contributed by atoms with van der Waals surface area (Å²) >= 11 is 3.21. The quantitative estimate of drug-likeness (QED) is 0.678. The summed E-state index contributed by atoms with van der Waals surface area (Å²) in [5, 5.41) is 6.33. The highest BCUT2D eigenvalue weighted by atomic mass is 32.1. The number of carbonyl (C=O) groups is 2. The minimum atomic E-state index is -0.0559. The van der Waals surface area contributed by atoms with Gasteiger partial charge in [0.2, 0.25) is 0 Å². The largest absolute Gasteiger partial charge is 0.336 e. The lowest BCUT2D eigenvalue weighted by Crippen LogP contribution is -2.37. The van der Waals surface area contributed by atoms with E-state index >= 15 is 0 Å². The molecule has 26 heavy (non-hydrogen) atoms. The molecule has 0 spiro atoms. The third kappa shape index (κ3) is 3.14. The topological polar surface area (TPSA) is 58.4 Å². The Kier molecular flexibility index (Phi) is 4.54. The number of thiophene rings is 2. The molecule has 0 saturated carbocycles. The summed E-state index contributed by atoms with van der Waals surface area (Å²) < 4.78 is 4.04. The van der Waals surface area contributed by atoms with E-state index < -0.39 is 0 Å². The summed E-state index contributed by atoms with van der Waals surface area (Å²) in [6.07, 6.45) is 0.781. The summed E-state index contributed by atoms with van der Waals surface area (Å²) in [5.41, 5.74) is 1.43. The number of fused-ring (bicyclic) bond motifs is 1. The molecular formula is C18H20N4O2S2. The van der Waals surface area contributed by atoms with Crippen LogP contribution in [0.3, 0.4) is 0 Å². The molecule has 3 aromatic heterocycles. The van der Waals surface area contributed by atoms with Crippen LogP contribution < -0.4 is 0 Å². The Hall–Kier alpha value is -2.19. The molecule has 2 amide bonds. The van der Waals surface area contributed by atoms with Crippen molar-refractivity contribution in [1.82, 2.24) is 19.6 Å². The van der Waals surface area contributed by atoms with Gasteiger partial charge in [-0.25, -0.2) is 0 Å². The number of aromatic nitrogens is 2. The predicted molar refractivity (Wildman–Crippen MR) is 104 cm³/mol. The SMILES string of the molecule is Cc1cc(C(=O)N2CCCN(C(=O)c3cc4sccc4s3)CC2)nn1C. The monoisotopic (exact) mass is 388 g/mol. The van der Waals surface area contributed by atoms with Crippen molar-refractivity contribution in [3.05, 3.63) is 39.8 Å². The zero-order valence-electron chi connectivity index (χ0n) is 14.8. The maximum Gasteiger partial charge on any atom is 0.274 e. The highest BCUT2D eigenvalue weighted by Gasteiger charge is 2.25. The third-order valence-corrected chi connectivity index (χ3v) is 6.83. The van der Waals surface area contributed by atoms with Crippen LogP contribution in [0.2, 0.25) is 0 Å². The van der Waals surface area contributed by atoms with Crippen LogP contribution in [0.15, 0.2) is 23.6 Å². The number of hydrogen-bond acceptors (Lipinski definition) is 5. The molecule has 1 aliphatic rings. The van der Waals surface area contributed by atoms with Gasteiger partial charge in [0.1, 0.15) is 0 Å². The second kappa shape index (κ2) is 6.85. The number of rotatable bonds is 2. The van der Waals surface area contributed by atoms with Gasteiger partial charge in [-0.3, -0.25) is 14.3 Å². The lowest BCUT2D eigenvalue weighted by molar-refractivity contribution is 0.0717. The summed E-state index contributed by atoms with van der Waals surface area (Å²) in [7, 11) is 1.83. The minimum Gasteiger partial charge on any atom is -0.336 e. The first-order valence-electron chi connectivity index (χ1n) is 8.59. The van der Waals surface area contributed by atoms with Crippen molar-refractivity contribution in [2.24, 2.45) is 7.05 Å². The van der Waals surface area contributed by atoms with Crippen molar-refractivity contribution < 1.29 is 9.59 Å². The van der Waals surface area contributed by atoms with Gasteiger partial charge in [0, 0.05) is 48.3 Å². The lowest BCUT2D eigenvalue weighted by atomic mass is 10.3. The van der Waals surface area contributed by atoms with Crippen molar-refractivity contribution in [2.75, 3.05) is 26.2 Å². The minimum absolute atomic E-state index is 0.0559. The average Bonchev–Trinajstić information content (AvgIpc) is 3.24. The molecule has 8 heteroatoms. The molecule has 0 aliphatic carbocycles. The fourth-order valence-corrected chi connectivity index (χ4v) is 5.25. The zero-order chi connectivity index (χ0) is 18.3. The molecule has 0 aromatic carbocycles. The van der Waals surface area contributed by atoms with Gasteiger partial charge in [0.15, 0.2) is 5.69 Å². The maximum absolute atomic E-state index is 12.8. The normalized spacial score (nSPS) is 15.5. The van der Waals surface area contributed by atoms with Gasteiger partial charge >= 0.3 is 0 Å². The highest BCUT2D eigenvalue weighted by molar-refractivity contribution is 7.27. The molecule has 0 N–H and O–H groups in total. The first-order valence-corrected chi connectivity index (χ1v) is 10.3. The summed E-state index contributed by atoms with van der Waals surface area (Å²) in [4.78, 5) is 30.0. The third-order valence-electron chi connectivity index (χ3n) is 4.75. The summed E-state index contributed by atoms with van der Waals surface area (Å²) in [5.74, 6) is 0.0148. The van der Waals surface area contributed by atoms with E-state index in [9.17, 15) is 9.59 Å². The fraction of sp³-hybridized carbons (Fsp3) is 0.389. The smallest absolute Gasteiger partial charge is 0.274 e. The molecule has 0 unspecified atom stereocenters. The van der Waals surface area contributed by atoms with E-state index in [-0.39, 0.29) is 11.8 Å². The van der Waals surface area contributed by atoms with Crippen LogP contribution >= 0.6 is 22.7 Å². The second-order valence-corrected chi connectivity index (χ2v) is 8.52. The Morgan fingerprint density at radius 1 is 1.04 bits per heavy atom. The van der Waals surface area contributed by atoms with Crippen molar-refractivity contribution >= 4 is 43.9 Å². The van der Waals surface area contributed by atoms with Crippen molar-refractivity contribution in [3.8, 4) is 0 Å².